The second kappa shape index (κ2) is 7.70. The van der Waals surface area contributed by atoms with Crippen LogP contribution in [0.25, 0.3) is 0 Å². The fraction of sp³-hybridized carbons (Fsp3) is 0.611. The molecule has 1 aromatic carbocycles. The van der Waals surface area contributed by atoms with Crippen LogP contribution in [0.3, 0.4) is 0 Å². The van der Waals surface area contributed by atoms with Crippen molar-refractivity contribution in [2.45, 2.75) is 50.5 Å². The SMILES string of the molecule is CO[C@@H]1CN(C(C)C)C[C@H]1NC(=O)C1CC(c2ccccc2O)NN1. The highest BCUT2D eigenvalue weighted by molar-refractivity contribution is 5.82. The number of carbonyl (C=O) groups is 1. The highest BCUT2D eigenvalue weighted by Crippen LogP contribution is 2.29. The predicted octanol–water partition coefficient (Wildman–Crippen LogP) is 0.524. The molecule has 7 heteroatoms. The number of ether oxygens (including phenoxy) is 1. The molecule has 2 heterocycles. The number of nitrogens with one attached hydrogen (secondary N) is 3. The number of para-hydroxylation sites is 1. The summed E-state index contributed by atoms with van der Waals surface area (Å²) in [5.74, 6) is 0.203. The normalized spacial score (nSPS) is 30.1. The molecule has 1 aromatic rings. The lowest BCUT2D eigenvalue weighted by atomic mass is 10.0. The zero-order valence-electron chi connectivity index (χ0n) is 15.0. The first-order chi connectivity index (χ1) is 12.0. The summed E-state index contributed by atoms with van der Waals surface area (Å²) in [6.07, 6.45) is 0.594. The first kappa shape index (κ1) is 18.1. The molecule has 2 fully saturated rings. The van der Waals surface area contributed by atoms with E-state index in [0.29, 0.717) is 12.5 Å². The van der Waals surface area contributed by atoms with Crippen LogP contribution in [0.4, 0.5) is 0 Å². The second-order valence-electron chi connectivity index (χ2n) is 7.13. The Balaban J connectivity index is 1.58. The molecule has 25 heavy (non-hydrogen) atoms. The number of benzene rings is 1. The number of hydrogen-bond donors (Lipinski definition) is 4. The predicted molar refractivity (Wildman–Crippen MR) is 95.0 cm³/mol. The van der Waals surface area contributed by atoms with E-state index in [4.69, 9.17) is 4.74 Å². The Hall–Kier alpha value is -1.67. The molecule has 0 aliphatic carbocycles. The fourth-order valence-corrected chi connectivity index (χ4v) is 3.60. The number of carbonyl (C=O) groups excluding carboxylic acids is 1. The van der Waals surface area contributed by atoms with Crippen molar-refractivity contribution in [3.8, 4) is 5.75 Å². The quantitative estimate of drug-likeness (QED) is 0.621. The molecule has 3 rings (SSSR count). The van der Waals surface area contributed by atoms with Gasteiger partial charge in [0, 0.05) is 31.8 Å². The number of methoxy groups -OCH3 is 1. The van der Waals surface area contributed by atoms with Gasteiger partial charge in [-0.25, -0.2) is 10.9 Å². The van der Waals surface area contributed by atoms with Crippen molar-refractivity contribution in [2.75, 3.05) is 20.2 Å². The Bertz CT molecular complexity index is 610. The van der Waals surface area contributed by atoms with Crippen LogP contribution in [-0.4, -0.2) is 60.3 Å². The van der Waals surface area contributed by atoms with Crippen molar-refractivity contribution in [3.63, 3.8) is 0 Å². The maximum absolute atomic E-state index is 12.7. The van der Waals surface area contributed by atoms with Gasteiger partial charge in [0.05, 0.1) is 18.2 Å². The summed E-state index contributed by atoms with van der Waals surface area (Å²) in [7, 11) is 1.69. The van der Waals surface area contributed by atoms with Gasteiger partial charge in [-0.05, 0) is 26.3 Å². The number of hydrogen-bond acceptors (Lipinski definition) is 6. The van der Waals surface area contributed by atoms with E-state index in [1.165, 1.54) is 0 Å². The van der Waals surface area contributed by atoms with E-state index in [2.05, 4.69) is 34.9 Å². The summed E-state index contributed by atoms with van der Waals surface area (Å²) in [6, 6.07) is 7.19. The molecule has 4 atom stereocenters. The smallest absolute Gasteiger partial charge is 0.238 e. The highest BCUT2D eigenvalue weighted by Gasteiger charge is 2.38. The van der Waals surface area contributed by atoms with E-state index < -0.39 is 0 Å². The van der Waals surface area contributed by atoms with E-state index in [9.17, 15) is 9.90 Å². The van der Waals surface area contributed by atoms with Crippen LogP contribution in [0.1, 0.15) is 31.9 Å². The number of phenols is 1. The minimum atomic E-state index is -0.338. The average Bonchev–Trinajstić information content (AvgIpc) is 3.22. The van der Waals surface area contributed by atoms with Crippen molar-refractivity contribution < 1.29 is 14.6 Å². The maximum atomic E-state index is 12.7. The van der Waals surface area contributed by atoms with Crippen LogP contribution < -0.4 is 16.2 Å². The zero-order chi connectivity index (χ0) is 18.0. The lowest BCUT2D eigenvalue weighted by Crippen LogP contribution is -2.51. The van der Waals surface area contributed by atoms with Crippen LogP contribution in [0.2, 0.25) is 0 Å². The number of aromatic hydroxyl groups is 1. The van der Waals surface area contributed by atoms with Crippen molar-refractivity contribution in [1.29, 1.82) is 0 Å². The number of likely N-dealkylation sites (tertiary alicyclic amines) is 1. The van der Waals surface area contributed by atoms with E-state index in [-0.39, 0.29) is 35.9 Å². The van der Waals surface area contributed by atoms with Gasteiger partial charge in [0.2, 0.25) is 5.91 Å². The van der Waals surface area contributed by atoms with Crippen LogP contribution >= 0.6 is 0 Å². The first-order valence-corrected chi connectivity index (χ1v) is 8.85. The Kier molecular flexibility index (Phi) is 5.58. The summed E-state index contributed by atoms with van der Waals surface area (Å²) < 4.78 is 5.55. The monoisotopic (exact) mass is 348 g/mol. The van der Waals surface area contributed by atoms with E-state index in [1.54, 1.807) is 19.2 Å². The molecule has 4 N–H and O–H groups in total. The molecular formula is C18H28N4O3. The van der Waals surface area contributed by atoms with Crippen LogP contribution in [0, 0.1) is 0 Å². The third-order valence-electron chi connectivity index (χ3n) is 5.19. The van der Waals surface area contributed by atoms with Gasteiger partial charge in [-0.2, -0.15) is 0 Å². The molecule has 0 aromatic heterocycles. The number of amides is 1. The zero-order valence-corrected chi connectivity index (χ0v) is 15.0. The molecular weight excluding hydrogens is 320 g/mol. The molecule has 138 valence electrons. The van der Waals surface area contributed by atoms with Gasteiger partial charge in [0.1, 0.15) is 11.8 Å². The Morgan fingerprint density at radius 2 is 2.08 bits per heavy atom. The van der Waals surface area contributed by atoms with Gasteiger partial charge < -0.3 is 15.2 Å². The number of rotatable bonds is 5. The Labute approximate surface area is 148 Å². The van der Waals surface area contributed by atoms with Crippen LogP contribution in [0.5, 0.6) is 5.75 Å². The summed E-state index contributed by atoms with van der Waals surface area (Å²) in [6.45, 7) is 5.92. The standard InChI is InChI=1S/C18H28N4O3/c1-11(2)22-9-15(17(10-22)25-3)19-18(24)14-8-13(20-21-14)12-6-4-5-7-16(12)23/h4-7,11,13-15,17,20-21,23H,8-10H2,1-3H3,(H,19,24)/t13?,14?,15-,17-/m1/s1. The second-order valence-corrected chi connectivity index (χ2v) is 7.13. The molecule has 2 saturated heterocycles. The molecule has 0 spiro atoms. The third kappa shape index (κ3) is 3.95. The molecule has 0 radical (unpaired) electrons. The molecule has 2 aliphatic rings. The minimum absolute atomic E-state index is 0.00845. The van der Waals surface area contributed by atoms with Gasteiger partial charge >= 0.3 is 0 Å². The molecule has 0 bridgehead atoms. The Morgan fingerprint density at radius 3 is 2.76 bits per heavy atom. The molecule has 0 saturated carbocycles. The maximum Gasteiger partial charge on any atom is 0.238 e. The van der Waals surface area contributed by atoms with E-state index >= 15 is 0 Å². The number of phenolic OH excluding ortho intramolecular Hbond substituents is 1. The topological polar surface area (TPSA) is 85.9 Å². The number of hydrazine groups is 1. The minimum Gasteiger partial charge on any atom is -0.508 e. The average molecular weight is 348 g/mol. The summed E-state index contributed by atoms with van der Waals surface area (Å²) >= 11 is 0. The molecule has 1 amide bonds. The first-order valence-electron chi connectivity index (χ1n) is 8.85. The molecule has 2 aliphatic heterocycles. The summed E-state index contributed by atoms with van der Waals surface area (Å²) in [5, 5.41) is 13.1. The van der Waals surface area contributed by atoms with Gasteiger partial charge in [-0.3, -0.25) is 9.69 Å². The van der Waals surface area contributed by atoms with Crippen molar-refractivity contribution >= 4 is 5.91 Å². The van der Waals surface area contributed by atoms with E-state index in [0.717, 1.165) is 18.7 Å². The lowest BCUT2D eigenvalue weighted by molar-refractivity contribution is -0.124. The van der Waals surface area contributed by atoms with Crippen LogP contribution in [0.15, 0.2) is 24.3 Å². The van der Waals surface area contributed by atoms with Gasteiger partial charge in [-0.1, -0.05) is 18.2 Å². The van der Waals surface area contributed by atoms with Gasteiger partial charge in [0.25, 0.3) is 0 Å². The van der Waals surface area contributed by atoms with Gasteiger partial charge in [0.15, 0.2) is 0 Å². The van der Waals surface area contributed by atoms with Crippen molar-refractivity contribution in [3.05, 3.63) is 29.8 Å². The van der Waals surface area contributed by atoms with Crippen molar-refractivity contribution in [1.82, 2.24) is 21.1 Å². The fourth-order valence-electron chi connectivity index (χ4n) is 3.60. The van der Waals surface area contributed by atoms with Gasteiger partial charge in [-0.15, -0.1) is 0 Å². The lowest BCUT2D eigenvalue weighted by Gasteiger charge is -2.21. The third-order valence-corrected chi connectivity index (χ3v) is 5.19. The molecule has 2 unspecified atom stereocenters. The number of nitrogens with zero attached hydrogens (tertiary/aromatic N) is 1. The largest absolute Gasteiger partial charge is 0.508 e. The van der Waals surface area contributed by atoms with Crippen LogP contribution in [-0.2, 0) is 9.53 Å². The summed E-state index contributed by atoms with van der Waals surface area (Å²) in [4.78, 5) is 15.0. The van der Waals surface area contributed by atoms with E-state index in [1.807, 2.05) is 12.1 Å². The summed E-state index contributed by atoms with van der Waals surface area (Å²) in [5.41, 5.74) is 6.95. The highest BCUT2D eigenvalue weighted by atomic mass is 16.5. The van der Waals surface area contributed by atoms with Crippen molar-refractivity contribution in [2.24, 2.45) is 0 Å². The Morgan fingerprint density at radius 1 is 1.32 bits per heavy atom. The molecule has 7 nitrogen and oxygen atoms in total.